The molecule has 1 heterocycles. The summed E-state index contributed by atoms with van der Waals surface area (Å²) in [7, 11) is 0. The average Bonchev–Trinajstić information content (AvgIpc) is 3.52. The second-order valence-corrected chi connectivity index (χ2v) is 10.2. The van der Waals surface area contributed by atoms with Crippen molar-refractivity contribution >= 4 is 65.0 Å². The number of fused-ring (bicyclic) bond motifs is 8. The molecule has 1 aromatic heterocycles. The Hall–Kier alpha value is -5.40. The van der Waals surface area contributed by atoms with Crippen LogP contribution in [0.15, 0.2) is 150 Å². The van der Waals surface area contributed by atoms with E-state index in [0.29, 0.717) is 27.9 Å². The molecule has 0 N–H and O–H groups in total. The lowest BCUT2D eigenvalue weighted by Gasteiger charge is -2.19. The SMILES string of the molecule is [2H]c1c([2H])c([2H])c2c(-c3cccc4c3oc3ccccc34)c3c([2H])c([2H])c([2H])c([2H])c3c(-c3cc4ccccc4c4ccccc34)c2c1[2H]. The Morgan fingerprint density at radius 1 is 0.415 bits per heavy atom. The van der Waals surface area contributed by atoms with Crippen molar-refractivity contribution in [1.82, 2.24) is 0 Å². The molecular formula is C40H24O. The smallest absolute Gasteiger partial charge is 0.143 e. The molecule has 0 atom stereocenters. The van der Waals surface area contributed by atoms with E-state index in [2.05, 4.69) is 0 Å². The number of furan rings is 1. The molecule has 0 radical (unpaired) electrons. The second-order valence-electron chi connectivity index (χ2n) is 10.2. The molecule has 41 heavy (non-hydrogen) atoms. The highest BCUT2D eigenvalue weighted by Crippen LogP contribution is 2.48. The van der Waals surface area contributed by atoms with Gasteiger partial charge in [0, 0.05) is 21.9 Å². The molecule has 0 saturated carbocycles. The highest BCUT2D eigenvalue weighted by molar-refractivity contribution is 6.27. The summed E-state index contributed by atoms with van der Waals surface area (Å²) in [5, 5.41) is 5.87. The summed E-state index contributed by atoms with van der Waals surface area (Å²) in [5.41, 5.74) is 2.74. The van der Waals surface area contributed by atoms with Gasteiger partial charge in [-0.1, -0.05) is 133 Å². The van der Waals surface area contributed by atoms with Gasteiger partial charge in [-0.05, 0) is 66.3 Å². The van der Waals surface area contributed by atoms with Crippen LogP contribution in [0.1, 0.15) is 11.0 Å². The van der Waals surface area contributed by atoms with Gasteiger partial charge < -0.3 is 4.42 Å². The zero-order valence-electron chi connectivity index (χ0n) is 29.6. The van der Waals surface area contributed by atoms with E-state index in [1.54, 1.807) is 6.07 Å². The van der Waals surface area contributed by atoms with Gasteiger partial charge in [0.1, 0.15) is 11.2 Å². The summed E-state index contributed by atoms with van der Waals surface area (Å²) in [4.78, 5) is 0. The van der Waals surface area contributed by atoms with Gasteiger partial charge in [0.15, 0.2) is 0 Å². The summed E-state index contributed by atoms with van der Waals surface area (Å²) in [6.07, 6.45) is 0. The van der Waals surface area contributed by atoms with Crippen LogP contribution in [0.5, 0.6) is 0 Å². The van der Waals surface area contributed by atoms with Crippen LogP contribution in [-0.4, -0.2) is 0 Å². The van der Waals surface area contributed by atoms with Crippen LogP contribution in [0, 0.1) is 0 Å². The summed E-state index contributed by atoms with van der Waals surface area (Å²) >= 11 is 0. The maximum Gasteiger partial charge on any atom is 0.143 e. The van der Waals surface area contributed by atoms with Crippen LogP contribution < -0.4 is 0 Å². The Morgan fingerprint density at radius 2 is 0.951 bits per heavy atom. The molecule has 0 bridgehead atoms. The van der Waals surface area contributed by atoms with Crippen molar-refractivity contribution in [2.24, 2.45) is 0 Å². The summed E-state index contributed by atoms with van der Waals surface area (Å²) in [5.74, 6) is 0. The Labute approximate surface area is 248 Å². The number of para-hydroxylation sites is 2. The van der Waals surface area contributed by atoms with E-state index in [0.717, 1.165) is 32.3 Å². The molecule has 9 aromatic rings. The van der Waals surface area contributed by atoms with Gasteiger partial charge in [0.2, 0.25) is 0 Å². The van der Waals surface area contributed by atoms with E-state index in [1.165, 1.54) is 0 Å². The third-order valence-electron chi connectivity index (χ3n) is 8.09. The van der Waals surface area contributed by atoms with Gasteiger partial charge in [-0.15, -0.1) is 0 Å². The van der Waals surface area contributed by atoms with Crippen molar-refractivity contribution in [3.8, 4) is 22.3 Å². The van der Waals surface area contributed by atoms with Crippen LogP contribution in [0.3, 0.4) is 0 Å². The molecule has 8 aromatic carbocycles. The van der Waals surface area contributed by atoms with Crippen LogP contribution in [0.25, 0.3) is 87.3 Å². The first kappa shape index (κ1) is 16.0. The summed E-state index contributed by atoms with van der Waals surface area (Å²) in [6.45, 7) is 0. The molecule has 9 rings (SSSR count). The van der Waals surface area contributed by atoms with E-state index < -0.39 is 24.2 Å². The van der Waals surface area contributed by atoms with Gasteiger partial charge in [-0.2, -0.15) is 0 Å². The van der Waals surface area contributed by atoms with Gasteiger partial charge >= 0.3 is 0 Å². The standard InChI is InChI=1S/C40H24O/c1-2-13-26-25(12-1)24-36(28-15-4-3-14-27(26)28)39-32-19-7-5-17-30(32)38(31-18-6-8-20-33(31)39)35-22-11-21-34-29-16-9-10-23-37(29)41-40(34)35/h1-24H/i5D,6D,7D,8D,17D,18D,19D,20D. The molecule has 0 aliphatic heterocycles. The first-order valence-corrected chi connectivity index (χ1v) is 13.5. The lowest BCUT2D eigenvalue weighted by atomic mass is 9.83. The van der Waals surface area contributed by atoms with Gasteiger partial charge in [0.25, 0.3) is 0 Å². The van der Waals surface area contributed by atoms with E-state index in [-0.39, 0.29) is 51.3 Å². The van der Waals surface area contributed by atoms with Crippen LogP contribution in [0.4, 0.5) is 0 Å². The molecule has 0 spiro atoms. The fraction of sp³-hybridized carbons (Fsp3) is 0. The Kier molecular flexibility index (Phi) is 3.34. The molecule has 0 amide bonds. The topological polar surface area (TPSA) is 13.1 Å². The Bertz CT molecular complexity index is 2850. The van der Waals surface area contributed by atoms with Gasteiger partial charge in [0.05, 0.1) is 11.0 Å². The second kappa shape index (κ2) is 8.55. The maximum absolute atomic E-state index is 9.39. The predicted molar refractivity (Wildman–Crippen MR) is 175 cm³/mol. The number of hydrogen-bond donors (Lipinski definition) is 0. The van der Waals surface area contributed by atoms with Crippen molar-refractivity contribution < 1.29 is 15.4 Å². The first-order valence-electron chi connectivity index (χ1n) is 17.5. The van der Waals surface area contributed by atoms with E-state index in [4.69, 9.17) is 9.90 Å². The van der Waals surface area contributed by atoms with Crippen molar-refractivity contribution in [1.29, 1.82) is 0 Å². The minimum Gasteiger partial charge on any atom is -0.455 e. The summed E-state index contributed by atoms with van der Waals surface area (Å²) in [6, 6.07) is 27.7. The fourth-order valence-corrected chi connectivity index (χ4v) is 6.37. The number of rotatable bonds is 2. The van der Waals surface area contributed by atoms with Crippen molar-refractivity contribution in [2.75, 3.05) is 0 Å². The minimum absolute atomic E-state index is 0.156. The van der Waals surface area contributed by atoms with E-state index in [1.807, 2.05) is 91.0 Å². The van der Waals surface area contributed by atoms with Crippen molar-refractivity contribution in [3.63, 3.8) is 0 Å². The first-order chi connectivity index (χ1) is 23.7. The highest BCUT2D eigenvalue weighted by atomic mass is 16.3. The van der Waals surface area contributed by atoms with Crippen molar-refractivity contribution in [2.45, 2.75) is 0 Å². The highest BCUT2D eigenvalue weighted by Gasteiger charge is 2.21. The van der Waals surface area contributed by atoms with E-state index >= 15 is 0 Å². The third-order valence-corrected chi connectivity index (χ3v) is 8.09. The quantitative estimate of drug-likeness (QED) is 0.161. The third kappa shape index (κ3) is 3.18. The fourth-order valence-electron chi connectivity index (χ4n) is 6.37. The molecular weight excluding hydrogens is 496 g/mol. The predicted octanol–water partition coefficient (Wildman–Crippen LogP) is 11.5. The molecule has 0 aliphatic carbocycles. The monoisotopic (exact) mass is 528 g/mol. The minimum atomic E-state index is -0.440. The molecule has 0 saturated heterocycles. The molecule has 1 nitrogen and oxygen atoms in total. The molecule has 1 heteroatoms. The number of hydrogen-bond acceptors (Lipinski definition) is 1. The Morgan fingerprint density at radius 3 is 1.66 bits per heavy atom. The molecule has 190 valence electrons. The van der Waals surface area contributed by atoms with Gasteiger partial charge in [-0.3, -0.25) is 0 Å². The lowest BCUT2D eigenvalue weighted by molar-refractivity contribution is 0.670. The average molecular weight is 529 g/mol. The maximum atomic E-state index is 9.39. The van der Waals surface area contributed by atoms with E-state index in [9.17, 15) is 5.48 Å². The largest absolute Gasteiger partial charge is 0.455 e. The normalized spacial score (nSPS) is 14.6. The molecule has 0 unspecified atom stereocenters. The molecule has 0 fully saturated rings. The van der Waals surface area contributed by atoms with Crippen LogP contribution in [0.2, 0.25) is 0 Å². The number of benzene rings is 8. The molecule has 0 aliphatic rings. The lowest BCUT2D eigenvalue weighted by Crippen LogP contribution is -1.92. The van der Waals surface area contributed by atoms with Gasteiger partial charge in [-0.25, -0.2) is 0 Å². The van der Waals surface area contributed by atoms with Crippen LogP contribution in [-0.2, 0) is 0 Å². The Balaban J connectivity index is 1.63. The van der Waals surface area contributed by atoms with Crippen LogP contribution >= 0.6 is 0 Å². The summed E-state index contributed by atoms with van der Waals surface area (Å²) < 4.78 is 79.2. The zero-order valence-corrected chi connectivity index (χ0v) is 21.6. The van der Waals surface area contributed by atoms with Crippen molar-refractivity contribution in [3.05, 3.63) is 145 Å². The zero-order chi connectivity index (χ0) is 33.9.